The number of carbonyl (C=O) groups is 2. The van der Waals surface area contributed by atoms with Crippen molar-refractivity contribution in [1.82, 2.24) is 14.9 Å². The fourth-order valence-corrected chi connectivity index (χ4v) is 2.94. The third-order valence-electron chi connectivity index (χ3n) is 4.47. The van der Waals surface area contributed by atoms with Gasteiger partial charge in [0.1, 0.15) is 30.6 Å². The maximum atomic E-state index is 12.5. The van der Waals surface area contributed by atoms with Crippen molar-refractivity contribution in [1.29, 1.82) is 0 Å². The molecule has 10 heteroatoms. The van der Waals surface area contributed by atoms with Crippen molar-refractivity contribution >= 4 is 12.1 Å². The monoisotopic (exact) mass is 425 g/mol. The van der Waals surface area contributed by atoms with Gasteiger partial charge in [0.25, 0.3) is 0 Å². The first-order chi connectivity index (χ1) is 13.9. The van der Waals surface area contributed by atoms with E-state index in [2.05, 4.69) is 10.3 Å². The summed E-state index contributed by atoms with van der Waals surface area (Å²) >= 11 is 0. The smallest absolute Gasteiger partial charge is 0.408 e. The van der Waals surface area contributed by atoms with Gasteiger partial charge in [0.15, 0.2) is 0 Å². The minimum absolute atomic E-state index is 0.163. The van der Waals surface area contributed by atoms with E-state index in [0.717, 1.165) is 0 Å². The third kappa shape index (κ3) is 6.53. The predicted octanol–water partition coefficient (Wildman–Crippen LogP) is 1.29. The zero-order chi connectivity index (χ0) is 22.6. The fraction of sp³-hybridized carbons (Fsp3) is 0.700. The molecule has 2 N–H and O–H groups in total. The molecule has 168 valence electrons. The summed E-state index contributed by atoms with van der Waals surface area (Å²) in [5.41, 5.74) is -0.598. The number of hydrogen-bond acceptors (Lipinski definition) is 8. The topological polar surface area (TPSA) is 129 Å². The number of nitrogens with zero attached hydrogens (tertiary/aromatic N) is 2. The Balaban J connectivity index is 1.95. The second-order valence-corrected chi connectivity index (χ2v) is 8.69. The number of rotatable bonds is 6. The molecule has 0 radical (unpaired) electrons. The van der Waals surface area contributed by atoms with E-state index in [-0.39, 0.29) is 18.9 Å². The Morgan fingerprint density at radius 3 is 2.63 bits per heavy atom. The lowest BCUT2D eigenvalue weighted by Gasteiger charge is -2.25. The van der Waals surface area contributed by atoms with E-state index < -0.39 is 47.8 Å². The standard InChI is InChI=1S/C20H31N3O7/c1-11(2)16(22-19(27)30-20(4,5)6)17(25)28-10-14-13(24)9-15(29-14)23-8-7-12(3)21-18(23)26/h7-8,11,13-16,24H,9-10H2,1-6H3,(H,22,27)/t13?,14-,15-,16?/m0/s1. The zero-order valence-electron chi connectivity index (χ0n) is 18.2. The highest BCUT2D eigenvalue weighted by Gasteiger charge is 2.37. The van der Waals surface area contributed by atoms with Crippen molar-refractivity contribution in [2.24, 2.45) is 5.92 Å². The number of alkyl carbamates (subject to hydrolysis) is 1. The average molecular weight is 425 g/mol. The molecule has 10 nitrogen and oxygen atoms in total. The molecule has 30 heavy (non-hydrogen) atoms. The summed E-state index contributed by atoms with van der Waals surface area (Å²) in [4.78, 5) is 40.4. The van der Waals surface area contributed by atoms with Gasteiger partial charge < -0.3 is 24.6 Å². The Hall–Kier alpha value is -2.46. The second-order valence-electron chi connectivity index (χ2n) is 8.69. The van der Waals surface area contributed by atoms with Gasteiger partial charge in [-0.15, -0.1) is 0 Å². The van der Waals surface area contributed by atoms with E-state index in [1.54, 1.807) is 53.8 Å². The Labute approximate surface area is 175 Å². The van der Waals surface area contributed by atoms with E-state index in [4.69, 9.17) is 14.2 Å². The van der Waals surface area contributed by atoms with Crippen LogP contribution in [0.1, 0.15) is 53.0 Å². The van der Waals surface area contributed by atoms with E-state index in [0.29, 0.717) is 5.69 Å². The first-order valence-electron chi connectivity index (χ1n) is 9.93. The Bertz CT molecular complexity index is 815. The van der Waals surface area contributed by atoms with E-state index >= 15 is 0 Å². The van der Waals surface area contributed by atoms with Crippen molar-refractivity contribution in [2.75, 3.05) is 6.61 Å². The average Bonchev–Trinajstić information content (AvgIpc) is 2.96. The molecule has 0 aromatic carbocycles. The summed E-state index contributed by atoms with van der Waals surface area (Å²) in [7, 11) is 0. The second kappa shape index (κ2) is 9.57. The van der Waals surface area contributed by atoms with Gasteiger partial charge in [0.05, 0.1) is 6.10 Å². The van der Waals surface area contributed by atoms with Crippen molar-refractivity contribution in [3.63, 3.8) is 0 Å². The molecular weight excluding hydrogens is 394 g/mol. The van der Waals surface area contributed by atoms with Crippen molar-refractivity contribution in [2.45, 2.75) is 78.0 Å². The number of carbonyl (C=O) groups excluding carboxylic acids is 2. The lowest BCUT2D eigenvalue weighted by Crippen LogP contribution is -2.47. The number of aliphatic hydroxyl groups is 1. The Kier molecular flexibility index (Phi) is 7.59. The molecule has 2 unspecified atom stereocenters. The third-order valence-corrected chi connectivity index (χ3v) is 4.47. The number of nitrogens with one attached hydrogen (secondary N) is 1. The highest BCUT2D eigenvalue weighted by Crippen LogP contribution is 2.28. The molecule has 0 bridgehead atoms. The Morgan fingerprint density at radius 2 is 2.07 bits per heavy atom. The summed E-state index contributed by atoms with van der Waals surface area (Å²) in [6.07, 6.45) is -1.44. The molecule has 0 spiro atoms. The minimum Gasteiger partial charge on any atom is -0.461 e. The minimum atomic E-state index is -0.924. The van der Waals surface area contributed by atoms with Crippen LogP contribution in [-0.4, -0.2) is 57.2 Å². The van der Waals surface area contributed by atoms with Gasteiger partial charge in [-0.05, 0) is 39.7 Å². The zero-order valence-corrected chi connectivity index (χ0v) is 18.2. The maximum absolute atomic E-state index is 12.5. The molecule has 1 aromatic rings. The number of amides is 1. The predicted molar refractivity (Wildman–Crippen MR) is 107 cm³/mol. The van der Waals surface area contributed by atoms with Crippen LogP contribution in [0.3, 0.4) is 0 Å². The van der Waals surface area contributed by atoms with Gasteiger partial charge in [0.2, 0.25) is 0 Å². The largest absolute Gasteiger partial charge is 0.461 e. The molecular formula is C20H31N3O7. The van der Waals surface area contributed by atoms with Gasteiger partial charge in [-0.25, -0.2) is 14.4 Å². The lowest BCUT2D eigenvalue weighted by molar-refractivity contribution is -0.153. The van der Waals surface area contributed by atoms with Crippen LogP contribution in [0.5, 0.6) is 0 Å². The number of aryl methyl sites for hydroxylation is 1. The highest BCUT2D eigenvalue weighted by atomic mass is 16.6. The van der Waals surface area contributed by atoms with E-state index in [1.165, 1.54) is 4.57 Å². The molecule has 1 amide bonds. The lowest BCUT2D eigenvalue weighted by atomic mass is 10.1. The molecule has 2 heterocycles. The van der Waals surface area contributed by atoms with Crippen molar-refractivity contribution in [3.8, 4) is 0 Å². The van der Waals surface area contributed by atoms with Gasteiger partial charge in [-0.3, -0.25) is 4.57 Å². The molecule has 1 saturated heterocycles. The summed E-state index contributed by atoms with van der Waals surface area (Å²) in [6.45, 7) is 10.2. The van der Waals surface area contributed by atoms with Crippen LogP contribution in [0.15, 0.2) is 17.1 Å². The van der Waals surface area contributed by atoms with Gasteiger partial charge >= 0.3 is 17.8 Å². The SMILES string of the molecule is Cc1ccn([C@@H]2CC(O)[C@H](COC(=O)C(NC(=O)OC(C)(C)C)C(C)C)O2)c(=O)n1. The summed E-state index contributed by atoms with van der Waals surface area (Å²) in [5, 5.41) is 12.8. The normalized spacial score (nSPS) is 22.6. The summed E-state index contributed by atoms with van der Waals surface area (Å²) in [6, 6.07) is 0.748. The van der Waals surface area contributed by atoms with Crippen LogP contribution < -0.4 is 11.0 Å². The fourth-order valence-electron chi connectivity index (χ4n) is 2.94. The molecule has 1 aliphatic heterocycles. The highest BCUT2D eigenvalue weighted by molar-refractivity contribution is 5.81. The van der Waals surface area contributed by atoms with E-state index in [9.17, 15) is 19.5 Å². The summed E-state index contributed by atoms with van der Waals surface area (Å²) in [5.74, 6) is -0.909. The molecule has 1 aliphatic rings. The van der Waals surface area contributed by atoms with Crippen LogP contribution in [0.25, 0.3) is 0 Å². The number of aliphatic hydroxyl groups excluding tert-OH is 1. The number of esters is 1. The Morgan fingerprint density at radius 1 is 1.40 bits per heavy atom. The summed E-state index contributed by atoms with van der Waals surface area (Å²) < 4.78 is 17.5. The molecule has 2 rings (SSSR count). The molecule has 4 atom stereocenters. The maximum Gasteiger partial charge on any atom is 0.408 e. The number of ether oxygens (including phenoxy) is 3. The molecule has 0 saturated carbocycles. The van der Waals surface area contributed by atoms with Gasteiger partial charge in [-0.1, -0.05) is 13.8 Å². The van der Waals surface area contributed by atoms with Crippen molar-refractivity contribution < 1.29 is 28.9 Å². The van der Waals surface area contributed by atoms with Crippen LogP contribution in [-0.2, 0) is 19.0 Å². The molecule has 0 aliphatic carbocycles. The van der Waals surface area contributed by atoms with Crippen molar-refractivity contribution in [3.05, 3.63) is 28.4 Å². The molecule has 1 aromatic heterocycles. The van der Waals surface area contributed by atoms with Crippen LogP contribution in [0, 0.1) is 12.8 Å². The number of hydrogen-bond donors (Lipinski definition) is 2. The first kappa shape index (κ1) is 23.8. The van der Waals surface area contributed by atoms with Gasteiger partial charge in [0, 0.05) is 18.3 Å². The van der Waals surface area contributed by atoms with Crippen LogP contribution in [0.2, 0.25) is 0 Å². The van der Waals surface area contributed by atoms with Crippen LogP contribution in [0.4, 0.5) is 4.79 Å². The van der Waals surface area contributed by atoms with Gasteiger partial charge in [-0.2, -0.15) is 4.98 Å². The first-order valence-corrected chi connectivity index (χ1v) is 9.93. The quantitative estimate of drug-likeness (QED) is 0.653. The molecule has 1 fully saturated rings. The van der Waals surface area contributed by atoms with Crippen LogP contribution >= 0.6 is 0 Å². The number of aromatic nitrogens is 2. The van der Waals surface area contributed by atoms with E-state index in [1.807, 2.05) is 0 Å².